The second kappa shape index (κ2) is 5.31. The SMILES string of the molecule is CCCC1CC(=O)N(Cn2cncc2CO)C1. The molecule has 94 valence electrons. The Bertz CT molecular complexity index is 389. The predicted octanol–water partition coefficient (Wildman–Crippen LogP) is 0.982. The fourth-order valence-corrected chi connectivity index (χ4v) is 2.38. The Morgan fingerprint density at radius 1 is 1.59 bits per heavy atom. The number of hydrogen-bond donors (Lipinski definition) is 1. The van der Waals surface area contributed by atoms with Gasteiger partial charge in [-0.3, -0.25) is 4.79 Å². The summed E-state index contributed by atoms with van der Waals surface area (Å²) in [7, 11) is 0. The lowest BCUT2D eigenvalue weighted by atomic mass is 10.0. The number of aromatic nitrogens is 2. The van der Waals surface area contributed by atoms with Crippen LogP contribution in [0.4, 0.5) is 0 Å². The van der Waals surface area contributed by atoms with Crippen molar-refractivity contribution in [3.63, 3.8) is 0 Å². The maximum atomic E-state index is 11.8. The zero-order valence-electron chi connectivity index (χ0n) is 10.2. The molecule has 1 unspecified atom stereocenters. The molecule has 0 saturated carbocycles. The molecular weight excluding hydrogens is 218 g/mol. The Morgan fingerprint density at radius 2 is 2.41 bits per heavy atom. The predicted molar refractivity (Wildman–Crippen MR) is 62.9 cm³/mol. The van der Waals surface area contributed by atoms with Gasteiger partial charge in [-0.15, -0.1) is 0 Å². The largest absolute Gasteiger partial charge is 0.390 e. The van der Waals surface area contributed by atoms with Gasteiger partial charge in [0.15, 0.2) is 0 Å². The van der Waals surface area contributed by atoms with Crippen molar-refractivity contribution >= 4 is 5.91 Å². The Labute approximate surface area is 101 Å². The van der Waals surface area contributed by atoms with Gasteiger partial charge in [0.25, 0.3) is 0 Å². The fraction of sp³-hybridized carbons (Fsp3) is 0.667. The van der Waals surface area contributed by atoms with Crippen molar-refractivity contribution in [3.8, 4) is 0 Å². The lowest BCUT2D eigenvalue weighted by molar-refractivity contribution is -0.129. The van der Waals surface area contributed by atoms with Crippen LogP contribution in [-0.2, 0) is 18.1 Å². The number of nitrogens with zero attached hydrogens (tertiary/aromatic N) is 3. The van der Waals surface area contributed by atoms with Crippen LogP contribution in [0.15, 0.2) is 12.5 Å². The molecule has 1 aromatic rings. The van der Waals surface area contributed by atoms with Gasteiger partial charge in [-0.1, -0.05) is 13.3 Å². The molecule has 1 amide bonds. The smallest absolute Gasteiger partial charge is 0.224 e. The van der Waals surface area contributed by atoms with Crippen LogP contribution in [0.2, 0.25) is 0 Å². The van der Waals surface area contributed by atoms with E-state index >= 15 is 0 Å². The third-order valence-corrected chi connectivity index (χ3v) is 3.28. The monoisotopic (exact) mass is 237 g/mol. The number of aliphatic hydroxyl groups excluding tert-OH is 1. The summed E-state index contributed by atoms with van der Waals surface area (Å²) in [6.07, 6.45) is 6.19. The Morgan fingerprint density at radius 3 is 3.12 bits per heavy atom. The molecule has 0 radical (unpaired) electrons. The molecule has 0 spiro atoms. The summed E-state index contributed by atoms with van der Waals surface area (Å²) in [6, 6.07) is 0. The van der Waals surface area contributed by atoms with E-state index in [0.29, 0.717) is 19.0 Å². The number of rotatable bonds is 5. The van der Waals surface area contributed by atoms with E-state index in [9.17, 15) is 4.79 Å². The number of likely N-dealkylation sites (tertiary alicyclic amines) is 1. The molecule has 1 aliphatic rings. The molecule has 1 aromatic heterocycles. The number of carbonyl (C=O) groups excluding carboxylic acids is 1. The lowest BCUT2D eigenvalue weighted by Gasteiger charge is -2.18. The van der Waals surface area contributed by atoms with Crippen molar-refractivity contribution < 1.29 is 9.90 Å². The Hall–Kier alpha value is -1.36. The molecule has 5 nitrogen and oxygen atoms in total. The minimum absolute atomic E-state index is 0.0413. The minimum atomic E-state index is -0.0413. The Kier molecular flexibility index (Phi) is 3.78. The van der Waals surface area contributed by atoms with Gasteiger partial charge in [0.05, 0.1) is 31.5 Å². The van der Waals surface area contributed by atoms with E-state index < -0.39 is 0 Å². The van der Waals surface area contributed by atoms with Crippen molar-refractivity contribution in [2.24, 2.45) is 5.92 Å². The van der Waals surface area contributed by atoms with E-state index in [1.165, 1.54) is 0 Å². The molecule has 5 heteroatoms. The topological polar surface area (TPSA) is 58.4 Å². The average molecular weight is 237 g/mol. The summed E-state index contributed by atoms with van der Waals surface area (Å²) in [5, 5.41) is 9.12. The van der Waals surface area contributed by atoms with E-state index in [1.807, 2.05) is 9.47 Å². The van der Waals surface area contributed by atoms with Gasteiger partial charge in [-0.25, -0.2) is 4.98 Å². The third-order valence-electron chi connectivity index (χ3n) is 3.28. The summed E-state index contributed by atoms with van der Waals surface area (Å²) in [4.78, 5) is 17.6. The second-order valence-electron chi connectivity index (χ2n) is 4.63. The van der Waals surface area contributed by atoms with Gasteiger partial charge >= 0.3 is 0 Å². The average Bonchev–Trinajstić information content (AvgIpc) is 2.88. The standard InChI is InChI=1S/C12H19N3O2/c1-2-3-10-4-12(17)14(6-10)9-15-8-13-5-11(15)7-16/h5,8,10,16H,2-4,6-7,9H2,1H3. The van der Waals surface area contributed by atoms with Crippen LogP contribution in [0.3, 0.4) is 0 Å². The maximum Gasteiger partial charge on any atom is 0.224 e. The normalized spacial score (nSPS) is 20.2. The van der Waals surface area contributed by atoms with Crippen molar-refractivity contribution in [2.75, 3.05) is 6.54 Å². The van der Waals surface area contributed by atoms with Crippen molar-refractivity contribution in [2.45, 2.75) is 39.5 Å². The number of imidazole rings is 1. The molecule has 1 fully saturated rings. The first-order valence-corrected chi connectivity index (χ1v) is 6.12. The molecule has 2 rings (SSSR count). The van der Waals surface area contributed by atoms with E-state index in [4.69, 9.17) is 5.11 Å². The first-order chi connectivity index (χ1) is 8.24. The number of amides is 1. The molecule has 2 heterocycles. The van der Waals surface area contributed by atoms with Gasteiger partial charge in [-0.05, 0) is 12.3 Å². The van der Waals surface area contributed by atoms with Crippen LogP contribution in [-0.4, -0.2) is 32.0 Å². The highest BCUT2D eigenvalue weighted by Crippen LogP contribution is 2.22. The highest BCUT2D eigenvalue weighted by Gasteiger charge is 2.28. The summed E-state index contributed by atoms with van der Waals surface area (Å²) < 4.78 is 1.83. The Balaban J connectivity index is 1.98. The molecule has 0 aromatic carbocycles. The van der Waals surface area contributed by atoms with Gasteiger partial charge in [-0.2, -0.15) is 0 Å². The molecule has 1 atom stereocenters. The first-order valence-electron chi connectivity index (χ1n) is 6.12. The number of aliphatic hydroxyl groups is 1. The third kappa shape index (κ3) is 2.66. The van der Waals surface area contributed by atoms with Crippen LogP contribution in [0, 0.1) is 5.92 Å². The fourth-order valence-electron chi connectivity index (χ4n) is 2.38. The van der Waals surface area contributed by atoms with Gasteiger partial charge in [0, 0.05) is 13.0 Å². The van der Waals surface area contributed by atoms with Crippen LogP contribution in [0.1, 0.15) is 31.9 Å². The van der Waals surface area contributed by atoms with E-state index in [0.717, 1.165) is 25.1 Å². The minimum Gasteiger partial charge on any atom is -0.390 e. The molecule has 1 saturated heterocycles. The second-order valence-corrected chi connectivity index (χ2v) is 4.63. The van der Waals surface area contributed by atoms with Crippen LogP contribution >= 0.6 is 0 Å². The van der Waals surface area contributed by atoms with Crippen LogP contribution in [0.25, 0.3) is 0 Å². The lowest BCUT2D eigenvalue weighted by Crippen LogP contribution is -2.28. The molecule has 17 heavy (non-hydrogen) atoms. The molecule has 0 aliphatic carbocycles. The van der Waals surface area contributed by atoms with E-state index in [-0.39, 0.29) is 12.5 Å². The number of hydrogen-bond acceptors (Lipinski definition) is 3. The molecular formula is C12H19N3O2. The highest BCUT2D eigenvalue weighted by molar-refractivity contribution is 5.78. The summed E-state index contributed by atoms with van der Waals surface area (Å²) >= 11 is 0. The zero-order valence-corrected chi connectivity index (χ0v) is 10.2. The van der Waals surface area contributed by atoms with Crippen molar-refractivity contribution in [1.29, 1.82) is 0 Å². The number of carbonyl (C=O) groups is 1. The van der Waals surface area contributed by atoms with Gasteiger partial charge in [0.2, 0.25) is 5.91 Å². The van der Waals surface area contributed by atoms with Crippen LogP contribution in [0.5, 0.6) is 0 Å². The molecule has 0 bridgehead atoms. The molecule has 1 N–H and O–H groups in total. The maximum absolute atomic E-state index is 11.8. The van der Waals surface area contributed by atoms with Gasteiger partial charge < -0.3 is 14.6 Å². The zero-order chi connectivity index (χ0) is 12.3. The highest BCUT2D eigenvalue weighted by atomic mass is 16.3. The summed E-state index contributed by atoms with van der Waals surface area (Å²) in [5.74, 6) is 0.703. The van der Waals surface area contributed by atoms with Crippen LogP contribution < -0.4 is 0 Å². The van der Waals surface area contributed by atoms with Gasteiger partial charge in [0.1, 0.15) is 0 Å². The quantitative estimate of drug-likeness (QED) is 0.830. The van der Waals surface area contributed by atoms with E-state index in [2.05, 4.69) is 11.9 Å². The summed E-state index contributed by atoms with van der Waals surface area (Å²) in [5.41, 5.74) is 0.747. The van der Waals surface area contributed by atoms with Crippen molar-refractivity contribution in [3.05, 3.63) is 18.2 Å². The van der Waals surface area contributed by atoms with E-state index in [1.54, 1.807) is 12.5 Å². The molecule has 1 aliphatic heterocycles. The first kappa shape index (κ1) is 12.1. The summed E-state index contributed by atoms with van der Waals surface area (Å²) in [6.45, 7) is 3.44. The van der Waals surface area contributed by atoms with Crippen molar-refractivity contribution in [1.82, 2.24) is 14.5 Å².